The number of rotatable bonds is 8. The molecule has 6 nitrogen and oxygen atoms in total. The summed E-state index contributed by atoms with van der Waals surface area (Å²) in [6.07, 6.45) is -0.0332. The summed E-state index contributed by atoms with van der Waals surface area (Å²) < 4.78 is 5.10. The first-order valence-corrected chi connectivity index (χ1v) is 7.08. The fourth-order valence-corrected chi connectivity index (χ4v) is 1.69. The number of ether oxygens (including phenoxy) is 1. The molecule has 0 spiro atoms. The van der Waals surface area contributed by atoms with Gasteiger partial charge in [-0.2, -0.15) is 0 Å². The van der Waals surface area contributed by atoms with E-state index in [1.54, 1.807) is 0 Å². The van der Waals surface area contributed by atoms with Crippen molar-refractivity contribution < 1.29 is 14.6 Å². The summed E-state index contributed by atoms with van der Waals surface area (Å²) in [4.78, 5) is 15.6. The van der Waals surface area contributed by atoms with E-state index >= 15 is 0 Å². The van der Waals surface area contributed by atoms with Crippen LogP contribution in [-0.2, 0) is 4.74 Å². The monoisotopic (exact) mass is 289 g/mol. The number of amides is 1. The van der Waals surface area contributed by atoms with Crippen molar-refractivity contribution in [2.45, 2.75) is 38.9 Å². The van der Waals surface area contributed by atoms with E-state index in [-0.39, 0.29) is 6.54 Å². The number of hydrogen-bond donors (Lipinski definition) is 2. The van der Waals surface area contributed by atoms with Crippen LogP contribution in [0.1, 0.15) is 27.2 Å². The Morgan fingerprint density at radius 1 is 1.25 bits per heavy atom. The minimum Gasteiger partial charge on any atom is -0.444 e. The Bertz CT molecular complexity index is 277. The van der Waals surface area contributed by atoms with Crippen molar-refractivity contribution in [1.82, 2.24) is 15.1 Å². The van der Waals surface area contributed by atoms with Gasteiger partial charge < -0.3 is 25.0 Å². The van der Waals surface area contributed by atoms with Gasteiger partial charge in [0.05, 0.1) is 6.10 Å². The zero-order valence-corrected chi connectivity index (χ0v) is 13.8. The maximum Gasteiger partial charge on any atom is 0.407 e. The molecule has 0 aromatic carbocycles. The fraction of sp³-hybridized carbons (Fsp3) is 0.929. The van der Waals surface area contributed by atoms with Gasteiger partial charge in [0.2, 0.25) is 0 Å². The smallest absolute Gasteiger partial charge is 0.407 e. The molecule has 0 radical (unpaired) electrons. The molecule has 0 saturated heterocycles. The van der Waals surface area contributed by atoms with Gasteiger partial charge in [-0.15, -0.1) is 0 Å². The van der Waals surface area contributed by atoms with Crippen LogP contribution in [0, 0.1) is 0 Å². The summed E-state index contributed by atoms with van der Waals surface area (Å²) in [5, 5.41) is 12.4. The lowest BCUT2D eigenvalue weighted by atomic mass is 10.2. The van der Waals surface area contributed by atoms with E-state index in [4.69, 9.17) is 4.74 Å². The van der Waals surface area contributed by atoms with Crippen molar-refractivity contribution in [3.63, 3.8) is 0 Å². The molecular formula is C14H31N3O3. The van der Waals surface area contributed by atoms with Gasteiger partial charge in [-0.25, -0.2) is 4.79 Å². The van der Waals surface area contributed by atoms with Crippen LogP contribution in [0.3, 0.4) is 0 Å². The molecule has 0 aromatic heterocycles. The molecule has 0 aliphatic rings. The lowest BCUT2D eigenvalue weighted by Gasteiger charge is -2.23. The van der Waals surface area contributed by atoms with Crippen LogP contribution in [0.4, 0.5) is 4.79 Å². The SMILES string of the molecule is CN(C)CCCN(C)CC(O)CNC(=O)OC(C)(C)C. The van der Waals surface area contributed by atoms with Crippen molar-refractivity contribution >= 4 is 6.09 Å². The molecule has 2 N–H and O–H groups in total. The third-order valence-corrected chi connectivity index (χ3v) is 2.55. The van der Waals surface area contributed by atoms with Crippen LogP contribution >= 0.6 is 0 Å². The van der Waals surface area contributed by atoms with Crippen LogP contribution < -0.4 is 5.32 Å². The van der Waals surface area contributed by atoms with Crippen molar-refractivity contribution in [2.75, 3.05) is 47.3 Å². The molecule has 0 aliphatic carbocycles. The minimum atomic E-state index is -0.591. The first kappa shape index (κ1) is 19.1. The second-order valence-electron chi connectivity index (χ2n) is 6.46. The molecule has 20 heavy (non-hydrogen) atoms. The van der Waals surface area contributed by atoms with Crippen LogP contribution in [0.2, 0.25) is 0 Å². The predicted molar refractivity (Wildman–Crippen MR) is 80.9 cm³/mol. The van der Waals surface area contributed by atoms with E-state index in [9.17, 15) is 9.90 Å². The number of carbonyl (C=O) groups is 1. The summed E-state index contributed by atoms with van der Waals surface area (Å²) in [5.74, 6) is 0. The number of aliphatic hydroxyl groups excluding tert-OH is 1. The number of carbonyl (C=O) groups excluding carboxylic acids is 1. The van der Waals surface area contributed by atoms with E-state index in [0.29, 0.717) is 6.54 Å². The molecule has 0 fully saturated rings. The number of alkyl carbamates (subject to hydrolysis) is 1. The third-order valence-electron chi connectivity index (χ3n) is 2.55. The molecule has 0 saturated carbocycles. The normalized spacial score (nSPS) is 13.7. The second kappa shape index (κ2) is 9.15. The molecule has 0 aromatic rings. The molecule has 0 heterocycles. The molecule has 6 heteroatoms. The predicted octanol–water partition coefficient (Wildman–Crippen LogP) is 0.756. The number of likely N-dealkylation sites (N-methyl/N-ethyl adjacent to an activating group) is 1. The van der Waals surface area contributed by atoms with Crippen LogP contribution in [0.15, 0.2) is 0 Å². The molecule has 0 rings (SSSR count). The zero-order chi connectivity index (χ0) is 15.8. The topological polar surface area (TPSA) is 65.0 Å². The highest BCUT2D eigenvalue weighted by Gasteiger charge is 2.17. The molecule has 1 amide bonds. The van der Waals surface area contributed by atoms with Crippen molar-refractivity contribution in [2.24, 2.45) is 0 Å². The standard InChI is InChI=1S/C14H31N3O3/c1-14(2,3)20-13(19)15-10-12(18)11-17(6)9-7-8-16(4)5/h12,18H,7-11H2,1-6H3,(H,15,19). The van der Waals surface area contributed by atoms with Gasteiger partial charge in [0.1, 0.15) is 5.60 Å². The quantitative estimate of drug-likeness (QED) is 0.690. The minimum absolute atomic E-state index is 0.201. The Balaban J connectivity index is 3.76. The molecular weight excluding hydrogens is 258 g/mol. The largest absolute Gasteiger partial charge is 0.444 e. The van der Waals surface area contributed by atoms with E-state index in [1.165, 1.54) is 0 Å². The maximum atomic E-state index is 11.4. The van der Waals surface area contributed by atoms with Crippen LogP contribution in [-0.4, -0.2) is 80.0 Å². The van der Waals surface area contributed by atoms with Crippen LogP contribution in [0.25, 0.3) is 0 Å². The first-order valence-electron chi connectivity index (χ1n) is 7.08. The van der Waals surface area contributed by atoms with Gasteiger partial charge in [-0.1, -0.05) is 0 Å². The highest BCUT2D eigenvalue weighted by Crippen LogP contribution is 2.06. The average Bonchev–Trinajstić information content (AvgIpc) is 2.23. The van der Waals surface area contributed by atoms with Crippen molar-refractivity contribution in [3.8, 4) is 0 Å². The lowest BCUT2D eigenvalue weighted by molar-refractivity contribution is 0.0474. The highest BCUT2D eigenvalue weighted by atomic mass is 16.6. The van der Waals surface area contributed by atoms with Gasteiger partial charge in [0, 0.05) is 13.1 Å². The molecule has 1 unspecified atom stereocenters. The summed E-state index contributed by atoms with van der Waals surface area (Å²) in [7, 11) is 6.05. The Kier molecular flexibility index (Phi) is 8.76. The van der Waals surface area contributed by atoms with E-state index in [0.717, 1.165) is 19.5 Å². The van der Waals surface area contributed by atoms with Gasteiger partial charge in [0.15, 0.2) is 0 Å². The number of nitrogens with zero attached hydrogens (tertiary/aromatic N) is 2. The van der Waals surface area contributed by atoms with E-state index < -0.39 is 17.8 Å². The highest BCUT2D eigenvalue weighted by molar-refractivity contribution is 5.67. The van der Waals surface area contributed by atoms with E-state index in [1.807, 2.05) is 41.9 Å². The van der Waals surface area contributed by atoms with Gasteiger partial charge >= 0.3 is 6.09 Å². The van der Waals surface area contributed by atoms with Gasteiger partial charge in [-0.3, -0.25) is 0 Å². The Hall–Kier alpha value is -0.850. The number of nitrogens with one attached hydrogen (secondary N) is 1. The molecule has 0 bridgehead atoms. The second-order valence-corrected chi connectivity index (χ2v) is 6.46. The third kappa shape index (κ3) is 12.2. The molecule has 120 valence electrons. The summed E-state index contributed by atoms with van der Waals surface area (Å²) >= 11 is 0. The average molecular weight is 289 g/mol. The first-order chi connectivity index (χ1) is 9.10. The van der Waals surface area contributed by atoms with Gasteiger partial charge in [0.25, 0.3) is 0 Å². The van der Waals surface area contributed by atoms with E-state index in [2.05, 4.69) is 15.1 Å². The van der Waals surface area contributed by atoms with Gasteiger partial charge in [-0.05, 0) is 61.4 Å². The van der Waals surface area contributed by atoms with Crippen molar-refractivity contribution in [1.29, 1.82) is 0 Å². The Morgan fingerprint density at radius 2 is 1.85 bits per heavy atom. The van der Waals surface area contributed by atoms with Crippen molar-refractivity contribution in [3.05, 3.63) is 0 Å². The fourth-order valence-electron chi connectivity index (χ4n) is 1.69. The summed E-state index contributed by atoms with van der Waals surface area (Å²) in [5.41, 5.74) is -0.516. The number of hydrogen-bond acceptors (Lipinski definition) is 5. The summed E-state index contributed by atoms with van der Waals surface area (Å²) in [6.45, 7) is 8.10. The molecule has 0 aliphatic heterocycles. The maximum absolute atomic E-state index is 11.4. The lowest BCUT2D eigenvalue weighted by Crippen LogP contribution is -2.41. The van der Waals surface area contributed by atoms with Crippen LogP contribution in [0.5, 0.6) is 0 Å². The molecule has 1 atom stereocenters. The zero-order valence-electron chi connectivity index (χ0n) is 13.8. The Labute approximate surface area is 123 Å². The summed E-state index contributed by atoms with van der Waals surface area (Å²) in [6, 6.07) is 0. The Morgan fingerprint density at radius 3 is 2.35 bits per heavy atom. The number of aliphatic hydroxyl groups is 1.